The van der Waals surface area contributed by atoms with Crippen molar-refractivity contribution < 1.29 is 97.1 Å². The quantitative estimate of drug-likeness (QED) is 0.0319. The molecule has 5 aromatic carbocycles. The summed E-state index contributed by atoms with van der Waals surface area (Å²) in [6.07, 6.45) is 2.10. The van der Waals surface area contributed by atoms with Crippen molar-refractivity contribution in [2.75, 3.05) is 32.8 Å². The predicted octanol–water partition coefficient (Wildman–Crippen LogP) is 1.51. The summed E-state index contributed by atoms with van der Waals surface area (Å²) in [6, 6.07) is 16.0. The molecule has 1 aromatic heterocycles. The molecule has 0 bridgehead atoms. The standard InChI is InChI=1S/C92H112N14O20/c1-4-50(2)66-45-77(112)59(44-79(94)114)42-76(111)58(37-52-22-30-61(109)31-23-52)43-78(113)69(39-56-28-26-54-15-5-7-17-63(54)56)98-91(125)75(49-108)104-88(122)73(46-80(95)115)102-87(121)72(41-60-47-96-67-20-10-9-19-65(60)67)101-86(120)70(38-53-24-32-62(110)33-25-53)100-85(119)68(21-11-12-34-93)97-90(124)74(48-107)103-83(117)51(3)82(116)81(92(126)106-35-13-14-36-106)105-89(123)71(99-84(66)118)40-57-29-27-55-16-6-8-18-64(55)57/h5-10,15-20,22-25,28-33,47,50-51,58-59,66,68-75,81,96,107-110H,4,11-14,21,26-27,34-46,48-49,93H2,1-3H3,(H2,94,114)(H2,95,115)(H,97,124)(H,98,125)(H,99,118)(H,100,119)(H,101,120)(H,102,121)(H,103,117)(H,104,122)(H,105,123)/t50-,51-,58+,59-,66-,68-,69-,70-,71-,72-,73-,74-,75-,81-/m0/s1. The Hall–Kier alpha value is -13.1. The van der Waals surface area contributed by atoms with Crippen LogP contribution in [0.3, 0.4) is 0 Å². The molecule has 6 aromatic rings. The van der Waals surface area contributed by atoms with E-state index in [0.29, 0.717) is 75.5 Å². The van der Waals surface area contributed by atoms with Gasteiger partial charge in [0.05, 0.1) is 31.6 Å². The third kappa shape index (κ3) is 25.6. The summed E-state index contributed by atoms with van der Waals surface area (Å²) in [6.45, 7) is 2.50. The van der Waals surface area contributed by atoms with Gasteiger partial charge in [-0.05, 0) is 151 Å². The van der Waals surface area contributed by atoms with Crippen molar-refractivity contribution in [3.05, 3.63) is 179 Å². The van der Waals surface area contributed by atoms with Crippen LogP contribution in [0.4, 0.5) is 0 Å². The minimum atomic E-state index is -2.15. The number of aromatic hydroxyl groups is 2. The number of primary amides is 2. The summed E-state index contributed by atoms with van der Waals surface area (Å²) in [7, 11) is 0. The Kier molecular flexibility index (Phi) is 34.0. The number of carbonyl (C=O) groups excluding carboxylic acids is 16. The first-order valence-electron chi connectivity index (χ1n) is 42.6. The number of para-hydroxylation sites is 1. The van der Waals surface area contributed by atoms with Crippen molar-refractivity contribution in [1.82, 2.24) is 57.7 Å². The fraction of sp³-hybridized carbons (Fsp3) is 0.435. The van der Waals surface area contributed by atoms with Crippen molar-refractivity contribution in [3.63, 3.8) is 0 Å². The molecule has 2 aliphatic carbocycles. The van der Waals surface area contributed by atoms with E-state index >= 15 is 43.2 Å². The molecule has 670 valence electrons. The number of hydrogen-bond donors (Lipinski definition) is 17. The minimum absolute atomic E-state index is 0.105. The molecule has 126 heavy (non-hydrogen) atoms. The van der Waals surface area contributed by atoms with Crippen LogP contribution in [0.1, 0.15) is 143 Å². The number of rotatable bonds is 23. The maximum Gasteiger partial charge on any atom is 0.252 e. The summed E-state index contributed by atoms with van der Waals surface area (Å²) >= 11 is 0. The number of allylic oxidation sites excluding steroid dienone is 2. The Balaban J connectivity index is 1.06. The normalized spacial score (nSPS) is 24.4. The van der Waals surface area contributed by atoms with Gasteiger partial charge in [-0.15, -0.1) is 0 Å². The van der Waals surface area contributed by atoms with Gasteiger partial charge < -0.3 is 95.4 Å². The van der Waals surface area contributed by atoms with Gasteiger partial charge in [0, 0.05) is 99.3 Å². The van der Waals surface area contributed by atoms with Crippen molar-refractivity contribution in [3.8, 4) is 11.5 Å². The monoisotopic (exact) mass is 1730 g/mol. The number of benzene rings is 5. The van der Waals surface area contributed by atoms with Gasteiger partial charge in [-0.1, -0.05) is 123 Å². The van der Waals surface area contributed by atoms with Crippen LogP contribution >= 0.6 is 0 Å². The van der Waals surface area contributed by atoms with Crippen LogP contribution in [-0.2, 0) is 109 Å². The molecule has 2 aliphatic heterocycles. The third-order valence-corrected chi connectivity index (χ3v) is 23.9. The van der Waals surface area contributed by atoms with E-state index in [2.05, 4.69) is 52.8 Å². The molecule has 2 saturated heterocycles. The van der Waals surface area contributed by atoms with Crippen molar-refractivity contribution >= 4 is 116 Å². The number of nitrogens with two attached hydrogens (primary N) is 3. The van der Waals surface area contributed by atoms with Crippen molar-refractivity contribution in [1.29, 1.82) is 0 Å². The Morgan fingerprint density at radius 1 is 0.468 bits per heavy atom. The zero-order valence-corrected chi connectivity index (χ0v) is 70.6. The number of H-pyrrole nitrogens is 1. The van der Waals surface area contributed by atoms with Crippen LogP contribution < -0.4 is 65.1 Å². The summed E-state index contributed by atoms with van der Waals surface area (Å²) in [4.78, 5) is 242. The number of aromatic nitrogens is 1. The summed E-state index contributed by atoms with van der Waals surface area (Å²) in [5.41, 5.74) is 23.5. The van der Waals surface area contributed by atoms with Gasteiger partial charge in [0.15, 0.2) is 17.6 Å². The van der Waals surface area contributed by atoms with Gasteiger partial charge in [-0.3, -0.25) is 76.7 Å². The number of unbranched alkanes of at least 4 members (excludes halogenated alkanes) is 1. The maximum absolute atomic E-state index is 15.5. The van der Waals surface area contributed by atoms with Gasteiger partial charge in [-0.25, -0.2) is 0 Å². The topological polar surface area (TPSA) is 559 Å². The van der Waals surface area contributed by atoms with Crippen LogP contribution in [0.15, 0.2) is 140 Å². The van der Waals surface area contributed by atoms with E-state index in [-0.39, 0.29) is 88.9 Å². The number of nitrogens with zero attached hydrogens (tertiary/aromatic N) is 1. The van der Waals surface area contributed by atoms with E-state index < -0.39 is 223 Å². The third-order valence-electron chi connectivity index (χ3n) is 23.9. The smallest absolute Gasteiger partial charge is 0.252 e. The Morgan fingerprint density at radius 2 is 0.921 bits per heavy atom. The fourth-order valence-electron chi connectivity index (χ4n) is 16.3. The molecule has 0 unspecified atom stereocenters. The highest BCUT2D eigenvalue weighted by Crippen LogP contribution is 2.35. The first-order chi connectivity index (χ1) is 60.3. The second kappa shape index (κ2) is 45.0. The SMILES string of the molecule is CC[C@H](C)[C@@H]1CC(=O)[C@H](CC(N)=O)CC(=O)[C@H](Cc2ccc(O)cc2)CC(=O)[C@H](CC2=CCc3ccccc32)NC(=O)[C@H](CO)NC(=O)[C@H](CC(N)=O)NC(=O)[C@H](Cc2c[nH]c3ccccc23)NC(=O)[C@H](Cc2ccc(O)cc2)NC(=O)[C@H](CCCCN)NC(=O)[C@H](CO)NC(=O)[C@@H](C)C(=O)[C@@H](C(=O)N2CCCC2)NC(=O)[C@H](CC2=CCc3ccccc32)NC1=O. The summed E-state index contributed by atoms with van der Waals surface area (Å²) in [5, 5.41) is 66.3. The zero-order chi connectivity index (χ0) is 91.0. The number of phenols is 2. The number of likely N-dealkylation sites (tertiary alicyclic amines) is 1. The molecule has 0 saturated carbocycles. The summed E-state index contributed by atoms with van der Waals surface area (Å²) < 4.78 is 0. The fourth-order valence-corrected chi connectivity index (χ4v) is 16.3. The summed E-state index contributed by atoms with van der Waals surface area (Å²) in [5.74, 6) is -24.1. The highest BCUT2D eigenvalue weighted by Gasteiger charge is 2.44. The van der Waals surface area contributed by atoms with Gasteiger partial charge in [0.25, 0.3) is 5.91 Å². The number of fused-ring (bicyclic) bond motifs is 3. The molecular weight excluding hydrogens is 1620 g/mol. The first-order valence-corrected chi connectivity index (χ1v) is 42.6. The van der Waals surface area contributed by atoms with Crippen molar-refractivity contribution in [2.45, 2.75) is 191 Å². The number of Topliss-reactive ketones (excluding diaryl/α,β-unsaturated/α-hetero) is 4. The molecule has 3 heterocycles. The van der Waals surface area contributed by atoms with Gasteiger partial charge >= 0.3 is 0 Å². The number of phenolic OH excluding ortho intramolecular Hbond substituents is 2. The Bertz CT molecular complexity index is 5100. The maximum atomic E-state index is 15.5. The van der Waals surface area contributed by atoms with Crippen molar-refractivity contribution in [2.24, 2.45) is 46.8 Å². The zero-order valence-electron chi connectivity index (χ0n) is 70.6. The molecule has 0 spiro atoms. The number of aliphatic hydroxyl groups is 2. The number of ketones is 4. The number of carbonyl (C=O) groups is 16. The molecule has 2 fully saturated rings. The van der Waals surface area contributed by atoms with E-state index in [0.717, 1.165) is 18.1 Å². The highest BCUT2D eigenvalue weighted by molar-refractivity contribution is 6.16. The van der Waals surface area contributed by atoms with Crippen LogP contribution in [0.2, 0.25) is 0 Å². The lowest BCUT2D eigenvalue weighted by atomic mass is 9.79. The van der Waals surface area contributed by atoms with Crippen LogP contribution in [-0.4, -0.2) is 212 Å². The largest absolute Gasteiger partial charge is 0.508 e. The van der Waals surface area contributed by atoms with E-state index in [1.165, 1.54) is 53.4 Å². The average molecular weight is 1730 g/mol. The molecule has 12 amide bonds. The van der Waals surface area contributed by atoms with Gasteiger partial charge in [0.1, 0.15) is 65.4 Å². The second-order valence-corrected chi connectivity index (χ2v) is 32.9. The molecule has 4 aliphatic rings. The highest BCUT2D eigenvalue weighted by atomic mass is 16.3. The molecule has 34 heteroatoms. The minimum Gasteiger partial charge on any atom is -0.508 e. The Morgan fingerprint density at radius 3 is 1.49 bits per heavy atom. The predicted molar refractivity (Wildman–Crippen MR) is 462 cm³/mol. The lowest BCUT2D eigenvalue weighted by Crippen LogP contribution is -2.61. The first kappa shape index (κ1) is 95.2. The number of nitrogens with one attached hydrogen (secondary N) is 10. The second-order valence-electron chi connectivity index (χ2n) is 32.9. The number of aromatic amines is 1. The van der Waals surface area contributed by atoms with E-state index in [1.807, 2.05) is 30.4 Å². The van der Waals surface area contributed by atoms with E-state index in [9.17, 15) is 54.0 Å². The molecule has 0 radical (unpaired) electrons. The average Bonchev–Trinajstić information content (AvgIpc) is 1.62. The number of amides is 12. The molecule has 34 nitrogen and oxygen atoms in total. The van der Waals surface area contributed by atoms with Crippen LogP contribution in [0.25, 0.3) is 22.0 Å². The van der Waals surface area contributed by atoms with Crippen LogP contribution in [0.5, 0.6) is 11.5 Å². The lowest BCUT2D eigenvalue weighted by molar-refractivity contribution is -0.145. The van der Waals surface area contributed by atoms with Gasteiger partial charge in [-0.2, -0.15) is 0 Å². The number of aliphatic hydroxyl groups excluding tert-OH is 2. The molecule has 20 N–H and O–H groups in total. The molecular formula is C92H112N14O20. The Labute approximate surface area is 728 Å². The number of hydrogen-bond acceptors (Lipinski definition) is 21. The lowest BCUT2D eigenvalue weighted by Gasteiger charge is -2.29. The molecule has 14 atom stereocenters. The van der Waals surface area contributed by atoms with E-state index in [4.69, 9.17) is 17.2 Å². The molecule has 10 rings (SSSR count). The van der Waals surface area contributed by atoms with E-state index in [1.54, 1.807) is 74.6 Å². The van der Waals surface area contributed by atoms with Gasteiger partial charge in [0.2, 0.25) is 65.0 Å². The van der Waals surface area contributed by atoms with Crippen LogP contribution in [0, 0.1) is 29.6 Å².